The number of alkyl halides is 3. The van der Waals surface area contributed by atoms with Crippen LogP contribution in [-0.4, -0.2) is 69.9 Å². The van der Waals surface area contributed by atoms with Gasteiger partial charge in [0.2, 0.25) is 0 Å². The third kappa shape index (κ3) is 7.93. The van der Waals surface area contributed by atoms with E-state index in [-0.39, 0.29) is 18.3 Å². The molecule has 0 saturated heterocycles. The Kier molecular flexibility index (Phi) is 8.59. The number of rotatable bonds is 11. The first-order valence-corrected chi connectivity index (χ1v) is 13.4. The molecule has 0 N–H and O–H groups in total. The fourth-order valence-electron chi connectivity index (χ4n) is 4.89. The number of carbonyl (C=O) groups excluding carboxylic acids is 1. The number of carbonyl (C=O) groups is 1. The summed E-state index contributed by atoms with van der Waals surface area (Å²) in [5.41, 5.74) is -0.280. The molecule has 200 valence electrons. The standard InChI is InChI=1S/C25H35F3N4O3S/c1-24(26,27)17-35-23-30-21-5-10-32(11-6-22(21)36-23)12-9-25(28)7-3-18(4-8-25)13-19(33)16-34-20-14-29-31(2)15-20/h14-15,18H,3-13,16-17H2,1-2H3. The summed E-state index contributed by atoms with van der Waals surface area (Å²) in [7, 11) is 1.79. The van der Waals surface area contributed by atoms with Gasteiger partial charge in [0.15, 0.2) is 18.1 Å². The molecular formula is C25H35F3N4O3S. The van der Waals surface area contributed by atoms with E-state index in [0.717, 1.165) is 49.8 Å². The predicted octanol–water partition coefficient (Wildman–Crippen LogP) is 4.64. The molecule has 11 heteroatoms. The number of thiazole rings is 1. The maximum atomic E-state index is 15.5. The van der Waals surface area contributed by atoms with Gasteiger partial charge in [-0.3, -0.25) is 9.48 Å². The molecule has 3 heterocycles. The van der Waals surface area contributed by atoms with Crippen LogP contribution in [0.4, 0.5) is 13.2 Å². The van der Waals surface area contributed by atoms with E-state index in [0.29, 0.717) is 49.6 Å². The maximum Gasteiger partial charge on any atom is 0.278 e. The molecule has 4 rings (SSSR count). The van der Waals surface area contributed by atoms with Crippen molar-refractivity contribution in [1.29, 1.82) is 0 Å². The minimum atomic E-state index is -2.88. The van der Waals surface area contributed by atoms with Gasteiger partial charge in [-0.15, -0.1) is 0 Å². The highest BCUT2D eigenvalue weighted by Crippen LogP contribution is 2.39. The SMILES string of the molecule is Cn1cc(OCC(=O)CC2CCC(F)(CCN3CCc4nc(OCC(C)(F)F)sc4CC3)CC2)cn1. The van der Waals surface area contributed by atoms with E-state index in [1.165, 1.54) is 11.3 Å². The Morgan fingerprint density at radius 3 is 2.69 bits per heavy atom. The normalized spacial score (nSPS) is 23.2. The average Bonchev–Trinajstić information content (AvgIpc) is 3.37. The third-order valence-electron chi connectivity index (χ3n) is 7.00. The van der Waals surface area contributed by atoms with E-state index in [9.17, 15) is 13.6 Å². The monoisotopic (exact) mass is 528 g/mol. The smallest absolute Gasteiger partial charge is 0.278 e. The molecule has 0 atom stereocenters. The summed E-state index contributed by atoms with van der Waals surface area (Å²) in [5.74, 6) is -2.06. The second-order valence-corrected chi connectivity index (χ2v) is 11.3. The van der Waals surface area contributed by atoms with Crippen molar-refractivity contribution in [3.8, 4) is 10.9 Å². The third-order valence-corrected chi connectivity index (χ3v) is 8.07. The number of Topliss-reactive ketones (excluding diaryl/α,β-unsaturated/α-hetero) is 1. The molecule has 2 aromatic heterocycles. The molecule has 0 spiro atoms. The van der Waals surface area contributed by atoms with Crippen molar-refractivity contribution in [3.63, 3.8) is 0 Å². The largest absolute Gasteiger partial charge is 0.483 e. The molecule has 7 nitrogen and oxygen atoms in total. The highest BCUT2D eigenvalue weighted by Gasteiger charge is 2.36. The van der Waals surface area contributed by atoms with E-state index in [4.69, 9.17) is 9.47 Å². The Balaban J connectivity index is 1.15. The van der Waals surface area contributed by atoms with E-state index < -0.39 is 18.2 Å². The quantitative estimate of drug-likeness (QED) is 0.423. The van der Waals surface area contributed by atoms with Gasteiger partial charge < -0.3 is 14.4 Å². The van der Waals surface area contributed by atoms with Crippen molar-refractivity contribution in [1.82, 2.24) is 19.7 Å². The van der Waals surface area contributed by atoms with Crippen molar-refractivity contribution in [3.05, 3.63) is 23.0 Å². The number of hydrogen-bond acceptors (Lipinski definition) is 7. The molecule has 1 aliphatic heterocycles. The summed E-state index contributed by atoms with van der Waals surface area (Å²) in [6.07, 6.45) is 8.10. The molecule has 1 fully saturated rings. The molecule has 2 aromatic rings. The van der Waals surface area contributed by atoms with Gasteiger partial charge >= 0.3 is 0 Å². The Hall–Kier alpha value is -2.14. The lowest BCUT2D eigenvalue weighted by atomic mass is 9.76. The molecule has 1 aliphatic carbocycles. The average molecular weight is 529 g/mol. The number of halogens is 3. The Morgan fingerprint density at radius 2 is 2.00 bits per heavy atom. The molecule has 0 bridgehead atoms. The highest BCUT2D eigenvalue weighted by molar-refractivity contribution is 7.13. The van der Waals surface area contributed by atoms with Crippen LogP contribution < -0.4 is 9.47 Å². The first-order chi connectivity index (χ1) is 17.1. The lowest BCUT2D eigenvalue weighted by Crippen LogP contribution is -2.36. The van der Waals surface area contributed by atoms with Crippen molar-refractivity contribution in [2.24, 2.45) is 13.0 Å². The van der Waals surface area contributed by atoms with Crippen molar-refractivity contribution >= 4 is 17.1 Å². The van der Waals surface area contributed by atoms with Crippen LogP contribution in [0.2, 0.25) is 0 Å². The number of ether oxygens (including phenoxy) is 2. The van der Waals surface area contributed by atoms with Crippen molar-refractivity contribution in [2.75, 3.05) is 32.8 Å². The summed E-state index contributed by atoms with van der Waals surface area (Å²) in [6.45, 7) is 2.43. The van der Waals surface area contributed by atoms with Gasteiger partial charge in [0.05, 0.1) is 18.1 Å². The zero-order chi connectivity index (χ0) is 25.8. The second-order valence-electron chi connectivity index (χ2n) is 10.3. The molecule has 0 unspecified atom stereocenters. The number of hydrogen-bond donors (Lipinski definition) is 0. The van der Waals surface area contributed by atoms with Crippen LogP contribution in [0.25, 0.3) is 0 Å². The minimum absolute atomic E-state index is 0.0248. The lowest BCUT2D eigenvalue weighted by Gasteiger charge is -2.35. The van der Waals surface area contributed by atoms with Crippen LogP contribution in [0.1, 0.15) is 56.0 Å². The number of ketones is 1. The van der Waals surface area contributed by atoms with E-state index in [1.54, 1.807) is 24.1 Å². The minimum Gasteiger partial charge on any atom is -0.483 e. The van der Waals surface area contributed by atoms with Crippen LogP contribution >= 0.6 is 11.3 Å². The highest BCUT2D eigenvalue weighted by atomic mass is 32.1. The van der Waals surface area contributed by atoms with Gasteiger partial charge in [-0.25, -0.2) is 18.2 Å². The number of nitrogens with zero attached hydrogens (tertiary/aromatic N) is 4. The zero-order valence-corrected chi connectivity index (χ0v) is 21.8. The van der Waals surface area contributed by atoms with E-state index in [2.05, 4.69) is 15.0 Å². The topological polar surface area (TPSA) is 69.5 Å². The molecular weight excluding hydrogens is 493 g/mol. The second kappa shape index (κ2) is 11.5. The van der Waals surface area contributed by atoms with Gasteiger partial charge in [0.1, 0.15) is 12.3 Å². The van der Waals surface area contributed by atoms with Crippen LogP contribution in [0.15, 0.2) is 12.4 Å². The molecule has 1 saturated carbocycles. The fraction of sp³-hybridized carbons (Fsp3) is 0.720. The first kappa shape index (κ1) is 26.9. The van der Waals surface area contributed by atoms with Gasteiger partial charge in [0.25, 0.3) is 11.1 Å². The van der Waals surface area contributed by atoms with Crippen LogP contribution in [0.5, 0.6) is 10.9 Å². The fourth-order valence-corrected chi connectivity index (χ4v) is 5.83. The molecule has 0 radical (unpaired) electrons. The summed E-state index contributed by atoms with van der Waals surface area (Å²) in [4.78, 5) is 20.0. The van der Waals surface area contributed by atoms with Crippen LogP contribution in [0.3, 0.4) is 0 Å². The first-order valence-electron chi connectivity index (χ1n) is 12.6. The molecule has 0 amide bonds. The van der Waals surface area contributed by atoms with Crippen LogP contribution in [-0.2, 0) is 24.7 Å². The number of fused-ring (bicyclic) bond motifs is 1. The maximum absolute atomic E-state index is 15.5. The van der Waals surface area contributed by atoms with Crippen LogP contribution in [0, 0.1) is 5.92 Å². The number of aryl methyl sites for hydroxylation is 1. The van der Waals surface area contributed by atoms with E-state index >= 15 is 4.39 Å². The Labute approximate surface area is 214 Å². The Morgan fingerprint density at radius 1 is 1.25 bits per heavy atom. The zero-order valence-electron chi connectivity index (χ0n) is 21.0. The summed E-state index contributed by atoms with van der Waals surface area (Å²) < 4.78 is 53.9. The van der Waals surface area contributed by atoms with Gasteiger partial charge in [-0.05, 0) is 44.4 Å². The molecule has 2 aliphatic rings. The van der Waals surface area contributed by atoms with Gasteiger partial charge in [-0.2, -0.15) is 5.10 Å². The number of aromatic nitrogens is 3. The predicted molar refractivity (Wildman–Crippen MR) is 131 cm³/mol. The molecule has 0 aromatic carbocycles. The summed E-state index contributed by atoms with van der Waals surface area (Å²) in [6, 6.07) is 0. The Bertz CT molecular complexity index is 989. The summed E-state index contributed by atoms with van der Waals surface area (Å²) in [5, 5.41) is 4.32. The van der Waals surface area contributed by atoms with E-state index in [1.807, 2.05) is 0 Å². The van der Waals surface area contributed by atoms with Gasteiger partial charge in [-0.1, -0.05) is 11.3 Å². The molecule has 36 heavy (non-hydrogen) atoms. The van der Waals surface area contributed by atoms with Crippen molar-refractivity contribution in [2.45, 2.75) is 69.9 Å². The lowest BCUT2D eigenvalue weighted by molar-refractivity contribution is -0.122. The van der Waals surface area contributed by atoms with Gasteiger partial charge in [0, 0.05) is 51.3 Å². The summed E-state index contributed by atoms with van der Waals surface area (Å²) >= 11 is 1.34. The van der Waals surface area contributed by atoms with Crippen molar-refractivity contribution < 1.29 is 27.4 Å².